The Hall–Kier alpha value is -3.14. The Morgan fingerprint density at radius 1 is 1.00 bits per heavy atom. The molecule has 7 nitrogen and oxygen atoms in total. The minimum Gasteiger partial charge on any atom is -0.354 e. The first kappa shape index (κ1) is 30.4. The summed E-state index contributed by atoms with van der Waals surface area (Å²) in [7, 11) is -4.27. The van der Waals surface area contributed by atoms with Gasteiger partial charge in [-0.15, -0.1) is 0 Å². The first-order valence-electron chi connectivity index (χ1n) is 12.4. The summed E-state index contributed by atoms with van der Waals surface area (Å²) in [6.07, 6.45) is 1.66. The topological polar surface area (TPSA) is 86.8 Å². The highest BCUT2D eigenvalue weighted by Gasteiger charge is 2.32. The average Bonchev–Trinajstić information content (AvgIpc) is 2.93. The van der Waals surface area contributed by atoms with Gasteiger partial charge in [-0.05, 0) is 61.4 Å². The fraction of sp³-hybridized carbons (Fsp3) is 0.286. The first-order valence-corrected chi connectivity index (χ1v) is 14.6. The van der Waals surface area contributed by atoms with Crippen molar-refractivity contribution in [1.29, 1.82) is 0 Å². The molecule has 11 heteroatoms. The molecule has 3 rings (SSSR count). The highest BCUT2D eigenvalue weighted by molar-refractivity contribution is 7.92. The zero-order chi connectivity index (χ0) is 28.6. The lowest BCUT2D eigenvalue weighted by molar-refractivity contribution is -0.139. The summed E-state index contributed by atoms with van der Waals surface area (Å²) in [5.41, 5.74) is 0.702. The molecule has 3 aromatic rings. The van der Waals surface area contributed by atoms with Gasteiger partial charge in [0.05, 0.1) is 15.6 Å². The molecule has 1 N–H and O–H groups in total. The van der Waals surface area contributed by atoms with Gasteiger partial charge in [-0.1, -0.05) is 66.9 Å². The summed E-state index contributed by atoms with van der Waals surface area (Å²) in [5.74, 6) is -1.73. The Bertz CT molecular complexity index is 1390. The van der Waals surface area contributed by atoms with Gasteiger partial charge in [0, 0.05) is 18.1 Å². The molecule has 1 atom stereocenters. The van der Waals surface area contributed by atoms with Crippen molar-refractivity contribution in [3.05, 3.63) is 94.2 Å². The van der Waals surface area contributed by atoms with Gasteiger partial charge in [0.15, 0.2) is 0 Å². The number of anilines is 1. The quantitative estimate of drug-likeness (QED) is 0.274. The Morgan fingerprint density at radius 2 is 1.67 bits per heavy atom. The second-order valence-electron chi connectivity index (χ2n) is 8.89. The third-order valence-electron chi connectivity index (χ3n) is 6.06. The predicted molar refractivity (Wildman–Crippen MR) is 152 cm³/mol. The van der Waals surface area contributed by atoms with Gasteiger partial charge in [0.2, 0.25) is 11.8 Å². The minimum atomic E-state index is -4.27. The summed E-state index contributed by atoms with van der Waals surface area (Å²) in [5, 5.41) is 3.04. The molecule has 0 heterocycles. The number of sulfonamides is 1. The largest absolute Gasteiger partial charge is 0.354 e. The van der Waals surface area contributed by atoms with Crippen LogP contribution in [-0.4, -0.2) is 44.3 Å². The number of nitrogens with one attached hydrogen (secondary N) is 1. The van der Waals surface area contributed by atoms with Crippen LogP contribution >= 0.6 is 23.2 Å². The lowest BCUT2D eigenvalue weighted by atomic mass is 10.1. The normalized spacial score (nSPS) is 12.0. The van der Waals surface area contributed by atoms with Crippen LogP contribution in [0, 0.1) is 5.82 Å². The second-order valence-corrected chi connectivity index (χ2v) is 11.6. The van der Waals surface area contributed by atoms with Crippen LogP contribution in [0.3, 0.4) is 0 Å². The fourth-order valence-electron chi connectivity index (χ4n) is 3.79. The Labute approximate surface area is 238 Å². The van der Waals surface area contributed by atoms with E-state index in [2.05, 4.69) is 5.32 Å². The van der Waals surface area contributed by atoms with Gasteiger partial charge in [-0.25, -0.2) is 12.8 Å². The number of carbonyl (C=O) groups is 2. The third kappa shape index (κ3) is 7.94. The number of halogens is 3. The smallest absolute Gasteiger partial charge is 0.264 e. The van der Waals surface area contributed by atoms with E-state index in [9.17, 15) is 22.4 Å². The number of carbonyl (C=O) groups excluding carboxylic acids is 2. The molecule has 0 aliphatic heterocycles. The SMILES string of the molecule is CCCCNC(=O)C(C)N(Cc1ccc(Cl)cc1)C(=O)CN(c1ccc(F)c(Cl)c1)S(=O)(=O)c1ccccc1. The lowest BCUT2D eigenvalue weighted by Crippen LogP contribution is -2.51. The summed E-state index contributed by atoms with van der Waals surface area (Å²) in [4.78, 5) is 28.0. The summed E-state index contributed by atoms with van der Waals surface area (Å²) in [6, 6.07) is 16.8. The van der Waals surface area contributed by atoms with Crippen molar-refractivity contribution in [2.24, 2.45) is 0 Å². The van der Waals surface area contributed by atoms with E-state index in [4.69, 9.17) is 23.2 Å². The van der Waals surface area contributed by atoms with Crippen molar-refractivity contribution in [3.63, 3.8) is 0 Å². The number of rotatable bonds is 12. The molecule has 1 unspecified atom stereocenters. The van der Waals surface area contributed by atoms with Crippen LogP contribution in [-0.2, 0) is 26.2 Å². The zero-order valence-electron chi connectivity index (χ0n) is 21.6. The maximum Gasteiger partial charge on any atom is 0.264 e. The van der Waals surface area contributed by atoms with E-state index in [-0.39, 0.29) is 28.1 Å². The van der Waals surface area contributed by atoms with Crippen molar-refractivity contribution in [2.45, 2.75) is 44.2 Å². The van der Waals surface area contributed by atoms with Gasteiger partial charge in [0.25, 0.3) is 10.0 Å². The molecule has 0 aromatic heterocycles. The number of unbranched alkanes of at least 4 members (excludes halogenated alkanes) is 1. The van der Waals surface area contributed by atoms with Crippen LogP contribution < -0.4 is 9.62 Å². The minimum absolute atomic E-state index is 0.00472. The van der Waals surface area contributed by atoms with E-state index in [0.717, 1.165) is 29.3 Å². The number of nitrogens with zero attached hydrogens (tertiary/aromatic N) is 2. The lowest BCUT2D eigenvalue weighted by Gasteiger charge is -2.32. The Kier molecular flexibility index (Phi) is 10.7. The maximum absolute atomic E-state index is 13.9. The van der Waals surface area contributed by atoms with E-state index < -0.39 is 34.3 Å². The highest BCUT2D eigenvalue weighted by Crippen LogP contribution is 2.28. The van der Waals surface area contributed by atoms with Gasteiger partial charge >= 0.3 is 0 Å². The van der Waals surface area contributed by atoms with Crippen LogP contribution in [0.15, 0.2) is 77.7 Å². The molecule has 3 aromatic carbocycles. The Balaban J connectivity index is 2.00. The summed E-state index contributed by atoms with van der Waals surface area (Å²) < 4.78 is 42.2. The van der Waals surface area contributed by atoms with Gasteiger partial charge in [-0.2, -0.15) is 0 Å². The molecule has 0 saturated carbocycles. The zero-order valence-corrected chi connectivity index (χ0v) is 23.9. The molecule has 0 aliphatic rings. The molecule has 0 fully saturated rings. The van der Waals surface area contributed by atoms with Crippen molar-refractivity contribution in [2.75, 3.05) is 17.4 Å². The number of amides is 2. The van der Waals surface area contributed by atoms with E-state index in [0.29, 0.717) is 17.1 Å². The molecule has 2 amide bonds. The summed E-state index contributed by atoms with van der Waals surface area (Å²) in [6.45, 7) is 3.40. The molecule has 0 saturated heterocycles. The molecular formula is C28H30Cl2FN3O4S. The van der Waals surface area contributed by atoms with Crippen molar-refractivity contribution < 1.29 is 22.4 Å². The van der Waals surface area contributed by atoms with Crippen LogP contribution in [0.2, 0.25) is 10.0 Å². The molecular weight excluding hydrogens is 564 g/mol. The average molecular weight is 595 g/mol. The molecule has 0 radical (unpaired) electrons. The van der Waals surface area contributed by atoms with E-state index in [1.807, 2.05) is 6.92 Å². The third-order valence-corrected chi connectivity index (χ3v) is 8.39. The molecule has 0 spiro atoms. The first-order chi connectivity index (χ1) is 18.5. The van der Waals surface area contributed by atoms with E-state index in [1.165, 1.54) is 23.1 Å². The van der Waals surface area contributed by atoms with Crippen molar-refractivity contribution >= 4 is 50.7 Å². The maximum atomic E-state index is 13.9. The van der Waals surface area contributed by atoms with Crippen LogP contribution in [0.4, 0.5) is 10.1 Å². The molecule has 0 bridgehead atoms. The second kappa shape index (κ2) is 13.8. The monoisotopic (exact) mass is 593 g/mol. The van der Waals surface area contributed by atoms with Crippen LogP contribution in [0.1, 0.15) is 32.3 Å². The molecule has 39 heavy (non-hydrogen) atoms. The number of hydrogen-bond donors (Lipinski definition) is 1. The van der Waals surface area contributed by atoms with Crippen LogP contribution in [0.25, 0.3) is 0 Å². The van der Waals surface area contributed by atoms with Crippen LogP contribution in [0.5, 0.6) is 0 Å². The fourth-order valence-corrected chi connectivity index (χ4v) is 5.52. The Morgan fingerprint density at radius 3 is 2.28 bits per heavy atom. The predicted octanol–water partition coefficient (Wildman–Crippen LogP) is 5.66. The van der Waals surface area contributed by atoms with Gasteiger partial charge in [0.1, 0.15) is 18.4 Å². The van der Waals surface area contributed by atoms with E-state index >= 15 is 0 Å². The number of hydrogen-bond acceptors (Lipinski definition) is 4. The van der Waals surface area contributed by atoms with Crippen molar-refractivity contribution in [1.82, 2.24) is 10.2 Å². The van der Waals surface area contributed by atoms with Gasteiger partial charge < -0.3 is 10.2 Å². The highest BCUT2D eigenvalue weighted by atomic mass is 35.5. The van der Waals surface area contributed by atoms with Crippen molar-refractivity contribution in [3.8, 4) is 0 Å². The summed E-state index contributed by atoms with van der Waals surface area (Å²) >= 11 is 12.0. The van der Waals surface area contributed by atoms with E-state index in [1.54, 1.807) is 49.4 Å². The standard InChI is InChI=1S/C28H30Cl2FN3O4S/c1-3-4-16-32-28(36)20(2)33(18-21-10-12-22(29)13-11-21)27(35)19-34(23-14-15-26(31)25(30)17-23)39(37,38)24-8-6-5-7-9-24/h5-15,17,20H,3-4,16,18-19H2,1-2H3,(H,32,36). The molecule has 208 valence electrons. The molecule has 0 aliphatic carbocycles. The van der Waals surface area contributed by atoms with Gasteiger partial charge in [-0.3, -0.25) is 13.9 Å². The number of benzene rings is 3.